The fourth-order valence-corrected chi connectivity index (χ4v) is 4.09. The van der Waals surface area contributed by atoms with E-state index in [1.165, 1.54) is 0 Å². The van der Waals surface area contributed by atoms with E-state index in [4.69, 9.17) is 21.4 Å². The molecule has 0 bridgehead atoms. The van der Waals surface area contributed by atoms with Crippen LogP contribution in [0.25, 0.3) is 21.7 Å². The standard InChI is InChI=1S/C25H26ClN3O3/c1-16(2)29-23-9-5-18(11-22(23)25(26)27-29)15-32-21-8-7-19-10-17(4-6-20(19)12-21)13-28(3)14-24(30)31/h4-12,16H,13-15H2,1-3H3,(H,30,31). The van der Waals surface area contributed by atoms with Crippen molar-refractivity contribution in [3.63, 3.8) is 0 Å². The Morgan fingerprint density at radius 1 is 1.09 bits per heavy atom. The van der Waals surface area contributed by atoms with E-state index in [0.29, 0.717) is 18.3 Å². The van der Waals surface area contributed by atoms with Crippen LogP contribution in [0.15, 0.2) is 54.6 Å². The molecule has 0 unspecified atom stereocenters. The lowest BCUT2D eigenvalue weighted by atomic mass is 10.1. The van der Waals surface area contributed by atoms with Gasteiger partial charge < -0.3 is 9.84 Å². The Hall–Kier alpha value is -3.09. The van der Waals surface area contributed by atoms with Crippen molar-refractivity contribution in [2.24, 2.45) is 0 Å². The first-order valence-electron chi connectivity index (χ1n) is 10.5. The Bertz CT molecular complexity index is 1280. The number of rotatable bonds is 8. The van der Waals surface area contributed by atoms with Gasteiger partial charge >= 0.3 is 5.97 Å². The number of carbonyl (C=O) groups is 1. The number of hydrogen-bond donors (Lipinski definition) is 1. The van der Waals surface area contributed by atoms with Crippen molar-refractivity contribution in [3.05, 3.63) is 70.9 Å². The van der Waals surface area contributed by atoms with Gasteiger partial charge in [0.05, 0.1) is 12.1 Å². The van der Waals surface area contributed by atoms with Crippen LogP contribution in [-0.2, 0) is 17.9 Å². The molecule has 0 saturated heterocycles. The Kier molecular flexibility index (Phi) is 6.35. The normalized spacial score (nSPS) is 11.7. The third-order valence-electron chi connectivity index (χ3n) is 5.35. The molecular weight excluding hydrogens is 426 g/mol. The second-order valence-electron chi connectivity index (χ2n) is 8.38. The maximum Gasteiger partial charge on any atom is 0.317 e. The van der Waals surface area contributed by atoms with Gasteiger partial charge in [0.15, 0.2) is 5.15 Å². The molecule has 0 spiro atoms. The molecule has 0 aliphatic rings. The van der Waals surface area contributed by atoms with Crippen molar-refractivity contribution >= 4 is 39.2 Å². The number of carboxylic acid groups (broad SMARTS) is 1. The minimum absolute atomic E-state index is 0.0140. The van der Waals surface area contributed by atoms with Crippen molar-refractivity contribution < 1.29 is 14.6 Å². The predicted octanol–water partition coefficient (Wildman–Crippen LogP) is 5.52. The first-order valence-corrected chi connectivity index (χ1v) is 10.9. The summed E-state index contributed by atoms with van der Waals surface area (Å²) in [5.74, 6) is -0.0393. The van der Waals surface area contributed by atoms with Crippen LogP contribution >= 0.6 is 11.6 Å². The average Bonchev–Trinajstić information content (AvgIpc) is 3.08. The lowest BCUT2D eigenvalue weighted by molar-refractivity contribution is -0.138. The van der Waals surface area contributed by atoms with Crippen LogP contribution in [0.1, 0.15) is 31.0 Å². The summed E-state index contributed by atoms with van der Waals surface area (Å²) in [5.41, 5.74) is 3.12. The molecule has 1 aromatic heterocycles. The van der Waals surface area contributed by atoms with E-state index in [0.717, 1.165) is 38.6 Å². The summed E-state index contributed by atoms with van der Waals surface area (Å²) < 4.78 is 7.97. The third kappa shape index (κ3) is 4.87. The molecule has 0 amide bonds. The number of nitrogens with zero attached hydrogens (tertiary/aromatic N) is 3. The molecule has 166 valence electrons. The first kappa shape index (κ1) is 22.1. The van der Waals surface area contributed by atoms with E-state index in [1.807, 2.05) is 53.2 Å². The summed E-state index contributed by atoms with van der Waals surface area (Å²) in [6, 6.07) is 18.5. The summed E-state index contributed by atoms with van der Waals surface area (Å²) in [6.07, 6.45) is 0. The van der Waals surface area contributed by atoms with E-state index in [1.54, 1.807) is 11.9 Å². The monoisotopic (exact) mass is 451 g/mol. The average molecular weight is 452 g/mol. The van der Waals surface area contributed by atoms with Gasteiger partial charge in [-0.1, -0.05) is 35.9 Å². The molecule has 0 saturated carbocycles. The molecular formula is C25H26ClN3O3. The number of carboxylic acids is 1. The van der Waals surface area contributed by atoms with Gasteiger partial charge in [-0.25, -0.2) is 0 Å². The Balaban J connectivity index is 1.47. The van der Waals surface area contributed by atoms with E-state index in [2.05, 4.69) is 25.0 Å². The first-order chi connectivity index (χ1) is 15.3. The SMILES string of the molecule is CC(C)n1nc(Cl)c2cc(COc3ccc4cc(CN(C)CC(=O)O)ccc4c3)ccc21. The Morgan fingerprint density at radius 2 is 1.81 bits per heavy atom. The van der Waals surface area contributed by atoms with Crippen LogP contribution in [0.2, 0.25) is 5.15 Å². The second kappa shape index (κ2) is 9.18. The molecule has 0 fully saturated rings. The van der Waals surface area contributed by atoms with Gasteiger partial charge in [-0.15, -0.1) is 0 Å². The highest BCUT2D eigenvalue weighted by Crippen LogP contribution is 2.28. The van der Waals surface area contributed by atoms with Gasteiger partial charge in [-0.2, -0.15) is 5.10 Å². The predicted molar refractivity (Wildman–Crippen MR) is 127 cm³/mol. The van der Waals surface area contributed by atoms with Gasteiger partial charge in [0.1, 0.15) is 12.4 Å². The Morgan fingerprint density at radius 3 is 2.56 bits per heavy atom. The van der Waals surface area contributed by atoms with Gasteiger partial charge in [0.25, 0.3) is 0 Å². The van der Waals surface area contributed by atoms with Gasteiger partial charge in [-0.3, -0.25) is 14.4 Å². The van der Waals surface area contributed by atoms with E-state index >= 15 is 0 Å². The maximum atomic E-state index is 10.9. The van der Waals surface area contributed by atoms with Gasteiger partial charge in [-0.05, 0) is 73.1 Å². The molecule has 1 N–H and O–H groups in total. The topological polar surface area (TPSA) is 67.6 Å². The molecule has 32 heavy (non-hydrogen) atoms. The lowest BCUT2D eigenvalue weighted by Gasteiger charge is -2.14. The molecule has 0 radical (unpaired) electrons. The number of ether oxygens (including phenoxy) is 1. The van der Waals surface area contributed by atoms with Crippen molar-refractivity contribution in [3.8, 4) is 5.75 Å². The number of aliphatic carboxylic acids is 1. The number of fused-ring (bicyclic) bond motifs is 2. The van der Waals surface area contributed by atoms with Crippen LogP contribution in [0, 0.1) is 0 Å². The molecule has 4 rings (SSSR count). The number of halogens is 1. The van der Waals surface area contributed by atoms with Crippen LogP contribution in [-0.4, -0.2) is 39.3 Å². The Labute approximate surface area is 192 Å². The highest BCUT2D eigenvalue weighted by molar-refractivity contribution is 6.34. The highest BCUT2D eigenvalue weighted by atomic mass is 35.5. The summed E-state index contributed by atoms with van der Waals surface area (Å²) in [4.78, 5) is 12.6. The van der Waals surface area contributed by atoms with Crippen LogP contribution in [0.3, 0.4) is 0 Å². The minimum atomic E-state index is -0.828. The van der Waals surface area contributed by atoms with Crippen molar-refractivity contribution in [1.29, 1.82) is 0 Å². The van der Waals surface area contributed by atoms with E-state index in [9.17, 15) is 4.79 Å². The molecule has 4 aromatic rings. The number of hydrogen-bond acceptors (Lipinski definition) is 4. The summed E-state index contributed by atoms with van der Waals surface area (Å²) in [5, 5.41) is 17.0. The van der Waals surface area contributed by atoms with Crippen molar-refractivity contribution in [2.75, 3.05) is 13.6 Å². The fraction of sp³-hybridized carbons (Fsp3) is 0.280. The zero-order chi connectivity index (χ0) is 22.8. The zero-order valence-electron chi connectivity index (χ0n) is 18.4. The fourth-order valence-electron chi connectivity index (χ4n) is 3.86. The molecule has 3 aromatic carbocycles. The molecule has 6 nitrogen and oxygen atoms in total. The summed E-state index contributed by atoms with van der Waals surface area (Å²) in [7, 11) is 1.80. The highest BCUT2D eigenvalue weighted by Gasteiger charge is 2.12. The largest absolute Gasteiger partial charge is 0.489 e. The quantitative estimate of drug-likeness (QED) is 0.382. The number of likely N-dealkylation sites (N-methyl/N-ethyl adjacent to an activating group) is 1. The minimum Gasteiger partial charge on any atom is -0.489 e. The van der Waals surface area contributed by atoms with Gasteiger partial charge in [0.2, 0.25) is 0 Å². The van der Waals surface area contributed by atoms with Gasteiger partial charge in [0, 0.05) is 18.0 Å². The molecule has 0 atom stereocenters. The van der Waals surface area contributed by atoms with Crippen LogP contribution in [0.4, 0.5) is 0 Å². The lowest BCUT2D eigenvalue weighted by Crippen LogP contribution is -2.25. The van der Waals surface area contributed by atoms with E-state index in [-0.39, 0.29) is 12.6 Å². The van der Waals surface area contributed by atoms with Crippen LogP contribution in [0.5, 0.6) is 5.75 Å². The van der Waals surface area contributed by atoms with E-state index < -0.39 is 5.97 Å². The molecule has 0 aliphatic heterocycles. The molecule has 0 aliphatic carbocycles. The second-order valence-corrected chi connectivity index (χ2v) is 8.74. The smallest absolute Gasteiger partial charge is 0.317 e. The maximum absolute atomic E-state index is 10.9. The summed E-state index contributed by atoms with van der Waals surface area (Å²) >= 11 is 6.34. The zero-order valence-corrected chi connectivity index (χ0v) is 19.1. The van der Waals surface area contributed by atoms with Crippen molar-refractivity contribution in [1.82, 2.24) is 14.7 Å². The number of benzene rings is 3. The third-order valence-corrected chi connectivity index (χ3v) is 5.63. The summed E-state index contributed by atoms with van der Waals surface area (Å²) in [6.45, 7) is 5.19. The van der Waals surface area contributed by atoms with Crippen LogP contribution < -0.4 is 4.74 Å². The molecule has 1 heterocycles. The molecule has 7 heteroatoms. The number of aromatic nitrogens is 2. The van der Waals surface area contributed by atoms with Crippen molar-refractivity contribution in [2.45, 2.75) is 33.0 Å².